The van der Waals surface area contributed by atoms with Gasteiger partial charge < -0.3 is 14.0 Å². The van der Waals surface area contributed by atoms with Crippen LogP contribution in [0.3, 0.4) is 0 Å². The zero-order valence-electron chi connectivity index (χ0n) is 14.7. The Labute approximate surface area is 142 Å². The van der Waals surface area contributed by atoms with Gasteiger partial charge in [-0.2, -0.15) is 0 Å². The number of hydrogen-bond acceptors (Lipinski definition) is 3. The number of benzene rings is 2. The average molecular weight is 328 g/mol. The maximum absolute atomic E-state index is 13.0. The summed E-state index contributed by atoms with van der Waals surface area (Å²) in [5.41, 5.74) is 1.27. The van der Waals surface area contributed by atoms with Crippen molar-refractivity contribution in [2.75, 3.05) is 0 Å². The van der Waals surface area contributed by atoms with Crippen molar-refractivity contribution in [1.82, 2.24) is 0 Å². The topological polar surface area (TPSA) is 27.7 Å². The Morgan fingerprint density at radius 1 is 0.875 bits per heavy atom. The van der Waals surface area contributed by atoms with E-state index in [1.807, 2.05) is 52.8 Å². The summed E-state index contributed by atoms with van der Waals surface area (Å²) in [6.45, 7) is 10.1. The fourth-order valence-electron chi connectivity index (χ4n) is 2.58. The zero-order chi connectivity index (χ0) is 17.5. The maximum atomic E-state index is 13.0. The molecule has 2 aromatic rings. The molecule has 126 valence electrons. The Kier molecular flexibility index (Phi) is 4.18. The van der Waals surface area contributed by atoms with E-state index in [2.05, 4.69) is 0 Å². The fraction of sp³-hybridized carbons (Fsp3) is 0.368. The van der Waals surface area contributed by atoms with Crippen molar-refractivity contribution in [2.24, 2.45) is 0 Å². The van der Waals surface area contributed by atoms with Crippen LogP contribution in [0, 0.1) is 12.7 Å². The SMILES string of the molecule is Cc1cc(Oc2ccc(F)cc2)ccc1B1OC(C)(C)C(C)(C)O1. The van der Waals surface area contributed by atoms with E-state index in [-0.39, 0.29) is 17.0 Å². The van der Waals surface area contributed by atoms with Crippen molar-refractivity contribution in [3.63, 3.8) is 0 Å². The number of ether oxygens (including phenoxy) is 1. The van der Waals surface area contributed by atoms with Crippen LogP contribution in [0.15, 0.2) is 42.5 Å². The van der Waals surface area contributed by atoms with Gasteiger partial charge in [-0.1, -0.05) is 6.07 Å². The molecule has 0 N–H and O–H groups in total. The Balaban J connectivity index is 1.79. The molecule has 0 unspecified atom stereocenters. The molecule has 0 aromatic heterocycles. The van der Waals surface area contributed by atoms with Gasteiger partial charge in [0.1, 0.15) is 17.3 Å². The van der Waals surface area contributed by atoms with Gasteiger partial charge >= 0.3 is 7.12 Å². The van der Waals surface area contributed by atoms with Crippen LogP contribution in [0.1, 0.15) is 33.3 Å². The molecule has 3 rings (SSSR count). The lowest BCUT2D eigenvalue weighted by molar-refractivity contribution is 0.00578. The van der Waals surface area contributed by atoms with Crippen LogP contribution in [0.4, 0.5) is 4.39 Å². The molecular weight excluding hydrogens is 306 g/mol. The minimum Gasteiger partial charge on any atom is -0.457 e. The van der Waals surface area contributed by atoms with Crippen molar-refractivity contribution < 1.29 is 18.4 Å². The summed E-state index contributed by atoms with van der Waals surface area (Å²) in [5.74, 6) is 1.01. The van der Waals surface area contributed by atoms with Crippen molar-refractivity contribution >= 4 is 12.6 Å². The number of rotatable bonds is 3. The molecule has 24 heavy (non-hydrogen) atoms. The second-order valence-electron chi connectivity index (χ2n) is 7.16. The molecule has 1 aliphatic rings. The van der Waals surface area contributed by atoms with Crippen LogP contribution in [0.2, 0.25) is 0 Å². The quantitative estimate of drug-likeness (QED) is 0.790. The molecule has 2 aromatic carbocycles. The highest BCUT2D eigenvalue weighted by molar-refractivity contribution is 6.62. The third-order valence-corrected chi connectivity index (χ3v) is 4.80. The normalized spacial score (nSPS) is 18.7. The maximum Gasteiger partial charge on any atom is 0.495 e. The van der Waals surface area contributed by atoms with E-state index < -0.39 is 7.12 Å². The van der Waals surface area contributed by atoms with Crippen LogP contribution in [-0.2, 0) is 9.31 Å². The van der Waals surface area contributed by atoms with Gasteiger partial charge in [-0.25, -0.2) is 4.39 Å². The van der Waals surface area contributed by atoms with Gasteiger partial charge in [0.25, 0.3) is 0 Å². The van der Waals surface area contributed by atoms with Gasteiger partial charge in [0.05, 0.1) is 11.2 Å². The van der Waals surface area contributed by atoms with Crippen LogP contribution >= 0.6 is 0 Å². The predicted octanol–water partition coefficient (Wildman–Crippen LogP) is 4.23. The summed E-state index contributed by atoms with van der Waals surface area (Å²) < 4.78 is 30.9. The zero-order valence-corrected chi connectivity index (χ0v) is 14.7. The van der Waals surface area contributed by atoms with E-state index in [4.69, 9.17) is 14.0 Å². The van der Waals surface area contributed by atoms with E-state index >= 15 is 0 Å². The summed E-state index contributed by atoms with van der Waals surface area (Å²) in [6.07, 6.45) is 0. The third kappa shape index (κ3) is 3.19. The van der Waals surface area contributed by atoms with Crippen molar-refractivity contribution in [3.05, 3.63) is 53.8 Å². The summed E-state index contributed by atoms with van der Waals surface area (Å²) in [4.78, 5) is 0. The van der Waals surface area contributed by atoms with E-state index in [0.29, 0.717) is 11.5 Å². The first-order valence-corrected chi connectivity index (χ1v) is 8.07. The van der Waals surface area contributed by atoms with Crippen LogP contribution in [0.5, 0.6) is 11.5 Å². The Morgan fingerprint density at radius 2 is 1.42 bits per heavy atom. The highest BCUT2D eigenvalue weighted by atomic mass is 19.1. The number of halogens is 1. The van der Waals surface area contributed by atoms with Crippen molar-refractivity contribution in [3.8, 4) is 11.5 Å². The van der Waals surface area contributed by atoms with E-state index in [9.17, 15) is 4.39 Å². The van der Waals surface area contributed by atoms with E-state index in [0.717, 1.165) is 11.0 Å². The molecule has 1 aliphatic heterocycles. The van der Waals surface area contributed by atoms with Gasteiger partial charge in [0, 0.05) is 0 Å². The Bertz CT molecular complexity index is 725. The minimum absolute atomic E-state index is 0.283. The molecule has 1 heterocycles. The van der Waals surface area contributed by atoms with Crippen molar-refractivity contribution in [1.29, 1.82) is 0 Å². The van der Waals surface area contributed by atoms with Gasteiger partial charge in [-0.05, 0) is 82.0 Å². The predicted molar refractivity (Wildman–Crippen MR) is 93.4 cm³/mol. The highest BCUT2D eigenvalue weighted by Gasteiger charge is 2.52. The van der Waals surface area contributed by atoms with Gasteiger partial charge in [-0.3, -0.25) is 0 Å². The highest BCUT2D eigenvalue weighted by Crippen LogP contribution is 2.37. The number of aryl methyl sites for hydroxylation is 1. The third-order valence-electron chi connectivity index (χ3n) is 4.80. The van der Waals surface area contributed by atoms with Crippen molar-refractivity contribution in [2.45, 2.75) is 45.8 Å². The summed E-state index contributed by atoms with van der Waals surface area (Å²) in [7, 11) is -0.394. The molecule has 0 atom stereocenters. The second-order valence-corrected chi connectivity index (χ2v) is 7.16. The molecule has 0 saturated carbocycles. The lowest BCUT2D eigenvalue weighted by atomic mass is 9.76. The molecule has 0 bridgehead atoms. The van der Waals surface area contributed by atoms with Gasteiger partial charge in [-0.15, -0.1) is 0 Å². The minimum atomic E-state index is -0.394. The molecule has 1 saturated heterocycles. The largest absolute Gasteiger partial charge is 0.495 e. The Morgan fingerprint density at radius 3 is 1.96 bits per heavy atom. The molecule has 0 amide bonds. The van der Waals surface area contributed by atoms with Crippen LogP contribution in [-0.4, -0.2) is 18.3 Å². The molecule has 0 aliphatic carbocycles. The standard InChI is InChI=1S/C19H22BFO3/c1-13-12-16(22-15-8-6-14(21)7-9-15)10-11-17(13)20-23-18(2,3)19(4,5)24-20/h6-12H,1-5H3. The molecule has 0 radical (unpaired) electrons. The van der Waals surface area contributed by atoms with Gasteiger partial charge in [0.15, 0.2) is 0 Å². The lowest BCUT2D eigenvalue weighted by Gasteiger charge is -2.32. The first-order chi connectivity index (χ1) is 11.2. The summed E-state index contributed by atoms with van der Waals surface area (Å²) in [5, 5.41) is 0. The molecule has 1 fully saturated rings. The van der Waals surface area contributed by atoms with Gasteiger partial charge in [0.2, 0.25) is 0 Å². The smallest absolute Gasteiger partial charge is 0.457 e. The van der Waals surface area contributed by atoms with Crippen LogP contribution in [0.25, 0.3) is 0 Å². The first-order valence-electron chi connectivity index (χ1n) is 8.07. The Hall–Kier alpha value is -1.85. The molecule has 0 spiro atoms. The summed E-state index contributed by atoms with van der Waals surface area (Å²) in [6, 6.07) is 11.7. The number of hydrogen-bond donors (Lipinski definition) is 0. The molecular formula is C19H22BFO3. The van der Waals surface area contributed by atoms with E-state index in [1.54, 1.807) is 12.1 Å². The van der Waals surface area contributed by atoms with E-state index in [1.165, 1.54) is 12.1 Å². The summed E-state index contributed by atoms with van der Waals surface area (Å²) >= 11 is 0. The first kappa shape index (κ1) is 17.0. The monoisotopic (exact) mass is 328 g/mol. The fourth-order valence-corrected chi connectivity index (χ4v) is 2.58. The average Bonchev–Trinajstić information content (AvgIpc) is 2.70. The lowest BCUT2D eigenvalue weighted by Crippen LogP contribution is -2.41. The second kappa shape index (κ2) is 5.90. The van der Waals surface area contributed by atoms with Crippen LogP contribution < -0.4 is 10.2 Å². The molecule has 5 heteroatoms. The molecule has 3 nitrogen and oxygen atoms in total.